The number of rotatable bonds is 3. The Kier molecular flexibility index (Phi) is 3.33. The van der Waals surface area contributed by atoms with Gasteiger partial charge in [-0.1, -0.05) is 24.3 Å². The molecule has 0 radical (unpaired) electrons. The molecule has 0 unspecified atom stereocenters. The van der Waals surface area contributed by atoms with Crippen LogP contribution in [0, 0.1) is 0 Å². The summed E-state index contributed by atoms with van der Waals surface area (Å²) in [5, 5.41) is 0. The van der Waals surface area contributed by atoms with Crippen molar-refractivity contribution in [2.45, 2.75) is 13.3 Å². The van der Waals surface area contributed by atoms with Crippen molar-refractivity contribution in [1.82, 2.24) is 0 Å². The van der Waals surface area contributed by atoms with Gasteiger partial charge in [0.15, 0.2) is 0 Å². The zero-order chi connectivity index (χ0) is 8.81. The molecule has 0 aromatic heterocycles. The van der Waals surface area contributed by atoms with E-state index >= 15 is 0 Å². The molecule has 1 rings (SSSR count). The summed E-state index contributed by atoms with van der Waals surface area (Å²) in [6, 6.07) is 0. The second kappa shape index (κ2) is 4.54. The molecule has 0 N–H and O–H groups in total. The van der Waals surface area contributed by atoms with Gasteiger partial charge < -0.3 is 4.74 Å². The fraction of sp³-hybridized carbons (Fsp3) is 0.300. The van der Waals surface area contributed by atoms with Crippen molar-refractivity contribution in [2.75, 3.05) is 6.61 Å². The van der Waals surface area contributed by atoms with Crippen LogP contribution in [-0.2, 0) is 9.53 Å². The second-order valence-electron chi connectivity index (χ2n) is 2.46. The van der Waals surface area contributed by atoms with Crippen LogP contribution in [0.25, 0.3) is 0 Å². The first-order valence-corrected chi connectivity index (χ1v) is 4.03. The summed E-state index contributed by atoms with van der Waals surface area (Å²) in [7, 11) is 0. The van der Waals surface area contributed by atoms with Gasteiger partial charge in [-0.15, -0.1) is 0 Å². The van der Waals surface area contributed by atoms with E-state index in [0.717, 1.165) is 12.0 Å². The molecule has 1 aliphatic carbocycles. The van der Waals surface area contributed by atoms with Crippen LogP contribution in [0.4, 0.5) is 0 Å². The van der Waals surface area contributed by atoms with Crippen LogP contribution >= 0.6 is 0 Å². The number of carbonyl (C=O) groups is 1. The highest BCUT2D eigenvalue weighted by Gasteiger charge is 1.96. The molecule has 0 aromatic carbocycles. The number of allylic oxidation sites excluding steroid dienone is 5. The van der Waals surface area contributed by atoms with Crippen LogP contribution in [0.2, 0.25) is 0 Å². The monoisotopic (exact) mass is 164 g/mol. The SMILES string of the molecule is CCOC(=O)C=CC1=CC=CC1. The summed E-state index contributed by atoms with van der Waals surface area (Å²) in [6.07, 6.45) is 10.2. The Hall–Kier alpha value is -1.31. The average molecular weight is 164 g/mol. The van der Waals surface area contributed by atoms with Crippen LogP contribution in [0.3, 0.4) is 0 Å². The molecule has 0 atom stereocenters. The first-order chi connectivity index (χ1) is 5.83. The van der Waals surface area contributed by atoms with Gasteiger partial charge in [0.2, 0.25) is 0 Å². The maximum atomic E-state index is 10.8. The Morgan fingerprint density at radius 1 is 1.75 bits per heavy atom. The first-order valence-electron chi connectivity index (χ1n) is 4.03. The second-order valence-corrected chi connectivity index (χ2v) is 2.46. The maximum Gasteiger partial charge on any atom is 0.330 e. The molecule has 2 nitrogen and oxygen atoms in total. The number of hydrogen-bond acceptors (Lipinski definition) is 2. The summed E-state index contributed by atoms with van der Waals surface area (Å²) < 4.78 is 4.73. The predicted molar refractivity (Wildman–Crippen MR) is 47.6 cm³/mol. The van der Waals surface area contributed by atoms with Crippen LogP contribution < -0.4 is 0 Å². The van der Waals surface area contributed by atoms with E-state index in [2.05, 4.69) is 0 Å². The lowest BCUT2D eigenvalue weighted by atomic mass is 10.2. The summed E-state index contributed by atoms with van der Waals surface area (Å²) in [6.45, 7) is 2.22. The zero-order valence-corrected chi connectivity index (χ0v) is 7.12. The van der Waals surface area contributed by atoms with Crippen molar-refractivity contribution < 1.29 is 9.53 Å². The number of ether oxygens (including phenoxy) is 1. The quantitative estimate of drug-likeness (QED) is 0.471. The van der Waals surface area contributed by atoms with Crippen molar-refractivity contribution in [3.63, 3.8) is 0 Å². The normalized spacial score (nSPS) is 15.2. The van der Waals surface area contributed by atoms with Gasteiger partial charge in [0, 0.05) is 6.08 Å². The molecule has 0 fully saturated rings. The Morgan fingerprint density at radius 3 is 3.17 bits per heavy atom. The van der Waals surface area contributed by atoms with E-state index in [0.29, 0.717) is 6.61 Å². The third kappa shape index (κ3) is 2.74. The van der Waals surface area contributed by atoms with Crippen LogP contribution in [0.15, 0.2) is 36.0 Å². The summed E-state index contributed by atoms with van der Waals surface area (Å²) in [5.41, 5.74) is 1.14. The minimum atomic E-state index is -0.273. The summed E-state index contributed by atoms with van der Waals surface area (Å²) in [4.78, 5) is 10.8. The zero-order valence-electron chi connectivity index (χ0n) is 7.12. The molecule has 0 bridgehead atoms. The molecule has 0 aromatic rings. The van der Waals surface area contributed by atoms with Crippen LogP contribution in [0.1, 0.15) is 13.3 Å². The lowest BCUT2D eigenvalue weighted by Crippen LogP contribution is -1.98. The van der Waals surface area contributed by atoms with Crippen LogP contribution in [-0.4, -0.2) is 12.6 Å². The van der Waals surface area contributed by atoms with Gasteiger partial charge >= 0.3 is 5.97 Å². The van der Waals surface area contributed by atoms with E-state index in [1.165, 1.54) is 6.08 Å². The van der Waals surface area contributed by atoms with Crippen molar-refractivity contribution >= 4 is 5.97 Å². The van der Waals surface area contributed by atoms with Gasteiger partial charge in [0.05, 0.1) is 6.61 Å². The highest BCUT2D eigenvalue weighted by Crippen LogP contribution is 2.10. The van der Waals surface area contributed by atoms with E-state index in [-0.39, 0.29) is 5.97 Å². The molecule has 0 heterocycles. The highest BCUT2D eigenvalue weighted by atomic mass is 16.5. The predicted octanol–water partition coefficient (Wildman–Crippen LogP) is 1.99. The lowest BCUT2D eigenvalue weighted by molar-refractivity contribution is -0.137. The number of esters is 1. The van der Waals surface area contributed by atoms with Crippen LogP contribution in [0.5, 0.6) is 0 Å². The minimum Gasteiger partial charge on any atom is -0.463 e. The molecular formula is C10H12O2. The molecule has 2 heteroatoms. The molecule has 0 saturated heterocycles. The van der Waals surface area contributed by atoms with Crippen molar-refractivity contribution in [3.8, 4) is 0 Å². The fourth-order valence-corrected chi connectivity index (χ4v) is 0.953. The standard InChI is InChI=1S/C10H12O2/c1-2-12-10(11)8-7-9-5-3-4-6-9/h3-5,7-8H,2,6H2,1H3. The molecule has 0 spiro atoms. The molecule has 1 aliphatic rings. The van der Waals surface area contributed by atoms with Gasteiger partial charge in [0.25, 0.3) is 0 Å². The largest absolute Gasteiger partial charge is 0.463 e. The van der Waals surface area contributed by atoms with Crippen molar-refractivity contribution in [3.05, 3.63) is 36.0 Å². The van der Waals surface area contributed by atoms with Gasteiger partial charge in [0.1, 0.15) is 0 Å². The smallest absolute Gasteiger partial charge is 0.330 e. The van der Waals surface area contributed by atoms with Gasteiger partial charge in [-0.2, -0.15) is 0 Å². The van der Waals surface area contributed by atoms with E-state index in [9.17, 15) is 4.79 Å². The summed E-state index contributed by atoms with van der Waals surface area (Å²) in [5.74, 6) is -0.273. The van der Waals surface area contributed by atoms with E-state index in [1.807, 2.05) is 18.2 Å². The molecule has 0 saturated carbocycles. The van der Waals surface area contributed by atoms with Gasteiger partial charge in [-0.05, 0) is 18.9 Å². The average Bonchev–Trinajstić information content (AvgIpc) is 2.53. The Balaban J connectivity index is 2.34. The van der Waals surface area contributed by atoms with E-state index in [4.69, 9.17) is 4.74 Å². The lowest BCUT2D eigenvalue weighted by Gasteiger charge is -1.94. The molecule has 0 amide bonds. The van der Waals surface area contributed by atoms with E-state index < -0.39 is 0 Å². The molecule has 0 aliphatic heterocycles. The Morgan fingerprint density at radius 2 is 2.58 bits per heavy atom. The molecule has 12 heavy (non-hydrogen) atoms. The molecular weight excluding hydrogens is 152 g/mol. The topological polar surface area (TPSA) is 26.3 Å². The molecule has 64 valence electrons. The number of carbonyl (C=O) groups excluding carboxylic acids is 1. The third-order valence-corrected chi connectivity index (χ3v) is 1.52. The first kappa shape index (κ1) is 8.78. The van der Waals surface area contributed by atoms with Crippen molar-refractivity contribution in [1.29, 1.82) is 0 Å². The number of hydrogen-bond donors (Lipinski definition) is 0. The van der Waals surface area contributed by atoms with Gasteiger partial charge in [-0.25, -0.2) is 4.79 Å². The fourth-order valence-electron chi connectivity index (χ4n) is 0.953. The highest BCUT2D eigenvalue weighted by molar-refractivity contribution is 5.82. The van der Waals surface area contributed by atoms with E-state index in [1.54, 1.807) is 13.0 Å². The maximum absolute atomic E-state index is 10.8. The Bertz CT molecular complexity index is 247. The Labute approximate surface area is 72.2 Å². The summed E-state index contributed by atoms with van der Waals surface area (Å²) >= 11 is 0. The van der Waals surface area contributed by atoms with Gasteiger partial charge in [-0.3, -0.25) is 0 Å². The minimum absolute atomic E-state index is 0.273. The third-order valence-electron chi connectivity index (χ3n) is 1.52. The van der Waals surface area contributed by atoms with Crippen molar-refractivity contribution in [2.24, 2.45) is 0 Å².